The fourth-order valence-electron chi connectivity index (χ4n) is 1.03. The van der Waals surface area contributed by atoms with Crippen molar-refractivity contribution in [3.8, 4) is 0 Å². The number of carboxylic acid groups (broad SMARTS) is 3. The third kappa shape index (κ3) is 7.72. The van der Waals surface area contributed by atoms with E-state index in [2.05, 4.69) is 4.89 Å². The fourth-order valence-corrected chi connectivity index (χ4v) is 1.03. The van der Waals surface area contributed by atoms with E-state index in [-0.39, 0.29) is 81.2 Å². The van der Waals surface area contributed by atoms with Crippen molar-refractivity contribution in [2.24, 2.45) is 11.8 Å². The minimum absolute atomic E-state index is 0. The van der Waals surface area contributed by atoms with Crippen molar-refractivity contribution >= 4 is 99.4 Å². The first kappa shape index (κ1) is 23.5. The first-order chi connectivity index (χ1) is 7.31. The first-order valence-electron chi connectivity index (χ1n) is 3.84. The monoisotopic (exact) mass is 320 g/mol. The Morgan fingerprint density at radius 1 is 1.00 bits per heavy atom. The molecular formula is C7H12Ca2O9. The Hall–Kier alpha value is 0.359. The average molecular weight is 320 g/mol. The molecule has 18 heavy (non-hydrogen) atoms. The second-order valence-electron chi connectivity index (χ2n) is 2.77. The minimum Gasteiger partial charge on any atom is -1.00 e. The van der Waals surface area contributed by atoms with Crippen molar-refractivity contribution in [2.45, 2.75) is 6.42 Å². The number of aliphatic carboxylic acids is 3. The van der Waals surface area contributed by atoms with Gasteiger partial charge in [0.1, 0.15) is 0 Å². The van der Waals surface area contributed by atoms with Crippen LogP contribution >= 0.6 is 0 Å². The quantitative estimate of drug-likeness (QED) is 0.199. The summed E-state index contributed by atoms with van der Waals surface area (Å²) in [5.74, 6) is -11.3. The van der Waals surface area contributed by atoms with Gasteiger partial charge in [-0.25, -0.2) is 4.79 Å². The number of hydrogen-bond acceptors (Lipinski definition) is 6. The van der Waals surface area contributed by atoms with Crippen molar-refractivity contribution in [1.29, 1.82) is 0 Å². The molecule has 0 spiro atoms. The minimum atomic E-state index is -2.28. The van der Waals surface area contributed by atoms with Gasteiger partial charge >= 0.3 is 99.4 Å². The second kappa shape index (κ2) is 11.2. The van der Waals surface area contributed by atoms with Crippen molar-refractivity contribution in [3.63, 3.8) is 0 Å². The summed E-state index contributed by atoms with van der Waals surface area (Å²) in [6, 6.07) is 0. The Morgan fingerprint density at radius 3 is 1.67 bits per heavy atom. The summed E-state index contributed by atoms with van der Waals surface area (Å²) < 4.78 is 0. The van der Waals surface area contributed by atoms with E-state index in [4.69, 9.17) is 20.6 Å². The molecule has 0 saturated carbocycles. The van der Waals surface area contributed by atoms with Crippen LogP contribution in [0.15, 0.2) is 0 Å². The summed E-state index contributed by atoms with van der Waals surface area (Å²) in [7, 11) is 0. The molecule has 11 heteroatoms. The van der Waals surface area contributed by atoms with Gasteiger partial charge in [-0.2, -0.15) is 5.26 Å². The van der Waals surface area contributed by atoms with Crippen LogP contribution in [0.2, 0.25) is 0 Å². The van der Waals surface area contributed by atoms with Gasteiger partial charge in [-0.15, -0.1) is 0 Å². The number of carbonyl (C=O) groups is 4. The fraction of sp³-hybridized carbons (Fsp3) is 0.429. The Kier molecular flexibility index (Phi) is 14.6. The molecule has 0 aliphatic rings. The number of rotatable bonds is 6. The van der Waals surface area contributed by atoms with Crippen LogP contribution in [-0.4, -0.2) is 120 Å². The molecular weight excluding hydrogens is 308 g/mol. The van der Waals surface area contributed by atoms with Crippen LogP contribution < -0.4 is 0 Å². The number of hydrogen-bond donors (Lipinski definition) is 4. The molecule has 4 N–H and O–H groups in total. The van der Waals surface area contributed by atoms with E-state index < -0.39 is 42.1 Å². The predicted molar refractivity (Wildman–Crippen MR) is 59.2 cm³/mol. The van der Waals surface area contributed by atoms with E-state index in [0.717, 1.165) is 0 Å². The molecule has 0 aromatic rings. The van der Waals surface area contributed by atoms with E-state index in [9.17, 15) is 19.2 Å². The SMILES string of the molecule is O=C(O)CC(C(=O)O)C(C(=O)O)C(=O)OO.[Ca+2].[Ca+2].[H-].[H-].[H-].[H-]. The molecule has 98 valence electrons. The molecule has 9 nitrogen and oxygen atoms in total. The smallest absolute Gasteiger partial charge is 1.00 e. The molecule has 0 saturated heterocycles. The van der Waals surface area contributed by atoms with Gasteiger partial charge in [0.2, 0.25) is 0 Å². The molecule has 0 aromatic carbocycles. The summed E-state index contributed by atoms with van der Waals surface area (Å²) >= 11 is 0. The second-order valence-corrected chi connectivity index (χ2v) is 2.77. The van der Waals surface area contributed by atoms with E-state index in [1.165, 1.54) is 0 Å². The molecule has 2 unspecified atom stereocenters. The molecule has 2 atom stereocenters. The molecule has 0 heterocycles. The summed E-state index contributed by atoms with van der Waals surface area (Å²) in [6.45, 7) is 0. The Bertz CT molecular complexity index is 344. The van der Waals surface area contributed by atoms with E-state index in [1.54, 1.807) is 0 Å². The van der Waals surface area contributed by atoms with Gasteiger partial charge in [-0.05, 0) is 0 Å². The maximum Gasteiger partial charge on any atom is 2.00 e. The van der Waals surface area contributed by atoms with E-state index >= 15 is 0 Å². The van der Waals surface area contributed by atoms with Gasteiger partial charge in [-0.1, -0.05) is 0 Å². The van der Waals surface area contributed by atoms with Crippen LogP contribution in [-0.2, 0) is 24.1 Å². The van der Waals surface area contributed by atoms with Crippen LogP contribution in [0.3, 0.4) is 0 Å². The Labute approximate surface area is 166 Å². The van der Waals surface area contributed by atoms with E-state index in [0.29, 0.717) is 0 Å². The largest absolute Gasteiger partial charge is 2.00 e. The molecule has 0 aliphatic heterocycles. The molecule has 0 bridgehead atoms. The van der Waals surface area contributed by atoms with Gasteiger partial charge < -0.3 is 25.9 Å². The van der Waals surface area contributed by atoms with Gasteiger partial charge in [-0.3, -0.25) is 14.4 Å². The van der Waals surface area contributed by atoms with Crippen molar-refractivity contribution in [3.05, 3.63) is 0 Å². The Balaban J connectivity index is -0.0000000750. The summed E-state index contributed by atoms with van der Waals surface area (Å²) in [5, 5.41) is 33.4. The molecule has 0 aliphatic carbocycles. The average Bonchev–Trinajstić information content (AvgIpc) is 2.14. The first-order valence-corrected chi connectivity index (χ1v) is 3.84. The standard InChI is InChI=1S/C7H8O9.2Ca.4H/c8-3(9)1-2(5(10)11)4(6(12)13)7(14)16-15;;;;;;/h2,4,15H,1H2,(H,8,9)(H,10,11)(H,12,13);;;;;;/q;2*+2;4*-1. The number of carboxylic acids is 3. The van der Waals surface area contributed by atoms with Crippen LogP contribution in [0, 0.1) is 11.8 Å². The molecule has 0 rings (SSSR count). The normalized spacial score (nSPS) is 12.1. The van der Waals surface area contributed by atoms with E-state index in [1.807, 2.05) is 0 Å². The van der Waals surface area contributed by atoms with Crippen LogP contribution in [0.4, 0.5) is 0 Å². The van der Waals surface area contributed by atoms with Crippen molar-refractivity contribution < 1.29 is 50.3 Å². The van der Waals surface area contributed by atoms with Gasteiger partial charge in [0.25, 0.3) is 0 Å². The summed E-state index contributed by atoms with van der Waals surface area (Å²) in [5.41, 5.74) is 0. The zero-order valence-corrected chi connectivity index (χ0v) is 13.5. The maximum absolute atomic E-state index is 10.8. The number of carbonyl (C=O) groups excluding carboxylic acids is 1. The summed E-state index contributed by atoms with van der Waals surface area (Å²) in [4.78, 5) is 45.3. The van der Waals surface area contributed by atoms with Gasteiger partial charge in [0, 0.05) is 0 Å². The van der Waals surface area contributed by atoms with Gasteiger partial charge in [0.05, 0.1) is 12.3 Å². The zero-order chi connectivity index (χ0) is 12.9. The van der Waals surface area contributed by atoms with Crippen LogP contribution in [0.25, 0.3) is 0 Å². The summed E-state index contributed by atoms with van der Waals surface area (Å²) in [6.07, 6.45) is -1.08. The van der Waals surface area contributed by atoms with Crippen molar-refractivity contribution in [1.82, 2.24) is 0 Å². The zero-order valence-electron chi connectivity index (χ0n) is 13.1. The van der Waals surface area contributed by atoms with Crippen LogP contribution in [0.1, 0.15) is 12.1 Å². The molecule has 0 aromatic heterocycles. The molecule has 0 fully saturated rings. The predicted octanol–water partition coefficient (Wildman–Crippen LogP) is -1.43. The Morgan fingerprint density at radius 2 is 1.44 bits per heavy atom. The topological polar surface area (TPSA) is 158 Å². The third-order valence-electron chi connectivity index (χ3n) is 1.72. The van der Waals surface area contributed by atoms with Gasteiger partial charge in [0.15, 0.2) is 5.92 Å². The third-order valence-corrected chi connectivity index (χ3v) is 1.72. The van der Waals surface area contributed by atoms with Crippen LogP contribution in [0.5, 0.6) is 0 Å². The molecule has 0 radical (unpaired) electrons. The maximum atomic E-state index is 10.8. The molecule has 0 amide bonds. The van der Waals surface area contributed by atoms with Crippen molar-refractivity contribution in [2.75, 3.05) is 0 Å².